The maximum atomic E-state index is 14.7. The lowest BCUT2D eigenvalue weighted by molar-refractivity contribution is -0.191. The number of alkyl halides is 3. The number of rotatable bonds is 4. The average molecular weight is 464 g/mol. The quantitative estimate of drug-likeness (QED) is 0.690. The third-order valence-corrected chi connectivity index (χ3v) is 5.85. The van der Waals surface area contributed by atoms with Crippen molar-refractivity contribution >= 4 is 17.6 Å². The summed E-state index contributed by atoms with van der Waals surface area (Å²) in [4.78, 5) is 40.1. The van der Waals surface area contributed by atoms with Crippen LogP contribution >= 0.6 is 0 Å². The van der Waals surface area contributed by atoms with E-state index in [1.54, 1.807) is 19.2 Å². The Kier molecular flexibility index (Phi) is 5.22. The molecule has 0 saturated heterocycles. The number of halogens is 4. The molecule has 0 bridgehead atoms. The summed E-state index contributed by atoms with van der Waals surface area (Å²) in [5.41, 5.74) is -5.41. The number of hydrogen-bond donors (Lipinski definition) is 1. The number of amides is 2. The molecule has 2 amide bonds. The van der Waals surface area contributed by atoms with Crippen LogP contribution in [0.1, 0.15) is 42.8 Å². The zero-order valence-corrected chi connectivity index (χ0v) is 17.8. The van der Waals surface area contributed by atoms with E-state index in [1.165, 1.54) is 18.4 Å². The number of Topliss-reactive ketones (excluding diaryl/α,β-unsaturated/α-hetero) is 1. The Hall–Kier alpha value is -3.43. The van der Waals surface area contributed by atoms with Crippen LogP contribution in [0.5, 0.6) is 0 Å². The second-order valence-corrected chi connectivity index (χ2v) is 8.94. The van der Waals surface area contributed by atoms with Crippen LogP contribution in [-0.4, -0.2) is 34.2 Å². The van der Waals surface area contributed by atoms with Gasteiger partial charge in [0.2, 0.25) is 5.54 Å². The molecular weight excluding hydrogens is 444 g/mol. The van der Waals surface area contributed by atoms with Crippen LogP contribution in [0.2, 0.25) is 0 Å². The average Bonchev–Trinajstić information content (AvgIpc) is 3.29. The van der Waals surface area contributed by atoms with E-state index < -0.39 is 46.1 Å². The van der Waals surface area contributed by atoms with Crippen LogP contribution in [0.3, 0.4) is 0 Å². The van der Waals surface area contributed by atoms with Crippen LogP contribution in [0.15, 0.2) is 58.3 Å². The topological polar surface area (TPSA) is 79.6 Å². The van der Waals surface area contributed by atoms with Gasteiger partial charge in [0.05, 0.1) is 18.4 Å². The fourth-order valence-electron chi connectivity index (χ4n) is 4.40. The Labute approximate surface area is 186 Å². The Morgan fingerprint density at radius 1 is 1.12 bits per heavy atom. The number of benzene rings is 1. The molecule has 0 radical (unpaired) electrons. The molecule has 1 aromatic heterocycles. The van der Waals surface area contributed by atoms with Crippen molar-refractivity contribution in [2.45, 2.75) is 44.9 Å². The normalized spacial score (nSPS) is 22.5. The summed E-state index contributed by atoms with van der Waals surface area (Å²) in [6.45, 7) is 3.10. The van der Waals surface area contributed by atoms with Gasteiger partial charge in [0, 0.05) is 17.7 Å². The van der Waals surface area contributed by atoms with E-state index in [4.69, 9.17) is 4.42 Å². The van der Waals surface area contributed by atoms with E-state index in [-0.39, 0.29) is 36.4 Å². The molecule has 2 aromatic rings. The highest BCUT2D eigenvalue weighted by Crippen LogP contribution is 2.52. The minimum atomic E-state index is -5.32. The molecule has 1 aliphatic carbocycles. The fourth-order valence-corrected chi connectivity index (χ4v) is 4.40. The van der Waals surface area contributed by atoms with Crippen molar-refractivity contribution in [3.05, 3.63) is 71.1 Å². The first kappa shape index (κ1) is 22.8. The summed E-state index contributed by atoms with van der Waals surface area (Å²) < 4.78 is 62.4. The predicted octanol–water partition coefficient (Wildman–Crippen LogP) is 4.14. The molecule has 0 fully saturated rings. The van der Waals surface area contributed by atoms with E-state index in [0.717, 1.165) is 29.2 Å². The predicted molar refractivity (Wildman–Crippen MR) is 107 cm³/mol. The van der Waals surface area contributed by atoms with Gasteiger partial charge in [0.1, 0.15) is 11.6 Å². The molecule has 1 atom stereocenters. The van der Waals surface area contributed by atoms with Crippen LogP contribution in [0.4, 0.5) is 17.6 Å². The van der Waals surface area contributed by atoms with Gasteiger partial charge in [-0.05, 0) is 48.2 Å². The lowest BCUT2D eigenvalue weighted by atomic mass is 9.72. The number of carbonyl (C=O) groups excluding carboxylic acids is 3. The van der Waals surface area contributed by atoms with Gasteiger partial charge in [-0.1, -0.05) is 13.8 Å². The van der Waals surface area contributed by atoms with Crippen molar-refractivity contribution in [3.63, 3.8) is 0 Å². The molecule has 0 spiro atoms. The summed E-state index contributed by atoms with van der Waals surface area (Å²) in [5, 5.41) is 1.80. The summed E-state index contributed by atoms with van der Waals surface area (Å²) in [6.07, 6.45) is -4.22. The summed E-state index contributed by atoms with van der Waals surface area (Å²) in [5.74, 6) is -4.08. The van der Waals surface area contributed by atoms with Gasteiger partial charge in [0.15, 0.2) is 5.78 Å². The molecular formula is C23H20F4N2O4. The number of furan rings is 1. The second-order valence-electron chi connectivity index (χ2n) is 8.94. The van der Waals surface area contributed by atoms with Gasteiger partial charge in [0.25, 0.3) is 11.8 Å². The largest absolute Gasteiger partial charge is 0.467 e. The molecule has 33 heavy (non-hydrogen) atoms. The van der Waals surface area contributed by atoms with Crippen LogP contribution in [0, 0.1) is 11.2 Å². The minimum absolute atomic E-state index is 0.0186. The first-order chi connectivity index (χ1) is 15.4. The van der Waals surface area contributed by atoms with Crippen molar-refractivity contribution in [3.8, 4) is 0 Å². The minimum Gasteiger partial charge on any atom is -0.467 e. The number of ketones is 1. The number of hydrogen-bond acceptors (Lipinski definition) is 4. The Bertz CT molecular complexity index is 1150. The lowest BCUT2D eigenvalue weighted by Gasteiger charge is -2.35. The van der Waals surface area contributed by atoms with Crippen LogP contribution in [0.25, 0.3) is 0 Å². The van der Waals surface area contributed by atoms with Crippen molar-refractivity contribution < 1.29 is 36.4 Å². The molecule has 1 N–H and O–H groups in total. The second kappa shape index (κ2) is 7.57. The summed E-state index contributed by atoms with van der Waals surface area (Å²) in [7, 11) is 0. The maximum absolute atomic E-state index is 14.7. The number of nitrogens with zero attached hydrogens (tertiary/aromatic N) is 1. The molecule has 2 heterocycles. The van der Waals surface area contributed by atoms with Gasteiger partial charge in [-0.25, -0.2) is 4.39 Å². The first-order valence-electron chi connectivity index (χ1n) is 10.1. The molecule has 1 aromatic carbocycles. The van der Waals surface area contributed by atoms with Crippen molar-refractivity contribution in [1.82, 2.24) is 10.2 Å². The summed E-state index contributed by atoms with van der Waals surface area (Å²) in [6, 6.07) is 6.83. The van der Waals surface area contributed by atoms with E-state index in [2.05, 4.69) is 0 Å². The van der Waals surface area contributed by atoms with E-state index in [9.17, 15) is 31.9 Å². The third-order valence-electron chi connectivity index (χ3n) is 5.85. The van der Waals surface area contributed by atoms with Gasteiger partial charge >= 0.3 is 6.18 Å². The first-order valence-corrected chi connectivity index (χ1v) is 10.1. The Morgan fingerprint density at radius 3 is 2.36 bits per heavy atom. The molecule has 10 heteroatoms. The molecule has 2 aliphatic rings. The Balaban J connectivity index is 1.86. The number of allylic oxidation sites excluding steroid dienone is 1. The Morgan fingerprint density at radius 2 is 1.79 bits per heavy atom. The highest BCUT2D eigenvalue weighted by molar-refractivity contribution is 6.14. The van der Waals surface area contributed by atoms with Crippen molar-refractivity contribution in [2.24, 2.45) is 5.41 Å². The molecule has 4 rings (SSSR count). The molecule has 174 valence electrons. The lowest BCUT2D eigenvalue weighted by Crippen LogP contribution is -2.66. The van der Waals surface area contributed by atoms with E-state index in [1.807, 2.05) is 0 Å². The van der Waals surface area contributed by atoms with Crippen molar-refractivity contribution in [1.29, 1.82) is 0 Å². The third kappa shape index (κ3) is 3.73. The van der Waals surface area contributed by atoms with Crippen molar-refractivity contribution in [2.75, 3.05) is 0 Å². The van der Waals surface area contributed by atoms with Gasteiger partial charge in [-0.3, -0.25) is 14.4 Å². The zero-order chi connectivity index (χ0) is 24.2. The highest BCUT2D eigenvalue weighted by atomic mass is 19.4. The van der Waals surface area contributed by atoms with E-state index >= 15 is 0 Å². The van der Waals surface area contributed by atoms with Gasteiger partial charge in [-0.15, -0.1) is 0 Å². The van der Waals surface area contributed by atoms with Crippen LogP contribution in [-0.2, 0) is 16.1 Å². The van der Waals surface area contributed by atoms with Gasteiger partial charge in [-0.2, -0.15) is 13.2 Å². The smallest absolute Gasteiger partial charge is 0.425 e. The van der Waals surface area contributed by atoms with Crippen LogP contribution < -0.4 is 5.32 Å². The number of carbonyl (C=O) groups is 3. The monoisotopic (exact) mass is 464 g/mol. The molecule has 1 aliphatic heterocycles. The molecule has 0 unspecified atom stereocenters. The standard InChI is InChI=1S/C23H20F4N2O4/c1-21(2)10-16-18(17(30)11-21)22(23(25,26)27,20(32)29(16)12-15-4-3-9-33-15)28-19(31)13-5-7-14(24)8-6-13/h3-9H,10-12H2,1-2H3,(H,28,31)/t22-/m1/s1. The SMILES string of the molecule is CC1(C)CC(=O)C2=C(C1)N(Cc1ccco1)C(=O)[C@@]2(NC(=O)c1ccc(F)cc1)C(F)(F)F. The zero-order valence-electron chi connectivity index (χ0n) is 17.8. The maximum Gasteiger partial charge on any atom is 0.425 e. The number of nitrogens with one attached hydrogen (secondary N) is 1. The van der Waals surface area contributed by atoms with E-state index in [0.29, 0.717) is 0 Å². The summed E-state index contributed by atoms with van der Waals surface area (Å²) >= 11 is 0. The highest BCUT2D eigenvalue weighted by Gasteiger charge is 2.71. The molecule has 0 saturated carbocycles. The molecule has 6 nitrogen and oxygen atoms in total. The fraction of sp³-hybridized carbons (Fsp3) is 0.348. The van der Waals surface area contributed by atoms with Gasteiger partial charge < -0.3 is 14.6 Å².